The second-order valence-electron chi connectivity index (χ2n) is 27.4. The van der Waals surface area contributed by atoms with Gasteiger partial charge in [0, 0.05) is 95.9 Å². The van der Waals surface area contributed by atoms with Crippen LogP contribution in [0.25, 0.3) is 230 Å². The third kappa shape index (κ3) is 8.64. The summed E-state index contributed by atoms with van der Waals surface area (Å²) in [4.78, 5) is 21.5. The molecule has 8 aromatic heterocycles. The maximum atomic E-state index is 7.03. The van der Waals surface area contributed by atoms with Crippen LogP contribution in [0.5, 0.6) is 0 Å². The zero-order valence-corrected chi connectivity index (χ0v) is 57.3. The van der Waals surface area contributed by atoms with E-state index in [1.807, 2.05) is 35.6 Å². The molecule has 106 heavy (non-hydrogen) atoms. The van der Waals surface area contributed by atoms with E-state index in [4.69, 9.17) is 33.2 Å². The Morgan fingerprint density at radius 1 is 0.236 bits per heavy atom. The van der Waals surface area contributed by atoms with Crippen LogP contribution in [0.4, 0.5) is 0 Å². The van der Waals surface area contributed by atoms with Crippen molar-refractivity contribution < 1.29 is 13.3 Å². The van der Waals surface area contributed by atoms with Gasteiger partial charge in [-0.25, -0.2) is 19.9 Å². The molecule has 9 nitrogen and oxygen atoms in total. The van der Waals surface area contributed by atoms with Crippen molar-refractivity contribution in [3.8, 4) is 56.7 Å². The van der Waals surface area contributed by atoms with Gasteiger partial charge in [0.2, 0.25) is 11.9 Å². The van der Waals surface area contributed by atoms with E-state index >= 15 is 0 Å². The van der Waals surface area contributed by atoms with Crippen LogP contribution in [0.2, 0.25) is 0 Å². The van der Waals surface area contributed by atoms with Crippen molar-refractivity contribution in [2.75, 3.05) is 0 Å². The second kappa shape index (κ2) is 22.7. The van der Waals surface area contributed by atoms with E-state index in [0.717, 1.165) is 181 Å². The lowest BCUT2D eigenvalue weighted by atomic mass is 9.95. The fourth-order valence-corrected chi connectivity index (χ4v) is 18.1. The van der Waals surface area contributed by atoms with Crippen molar-refractivity contribution in [1.82, 2.24) is 29.1 Å². The van der Waals surface area contributed by atoms with Crippen LogP contribution in [-0.2, 0) is 0 Å². The second-order valence-corrected chi connectivity index (χ2v) is 28.5. The zero-order chi connectivity index (χ0) is 69.2. The van der Waals surface area contributed by atoms with Crippen LogP contribution in [0.3, 0.4) is 0 Å². The predicted molar refractivity (Wildman–Crippen MR) is 439 cm³/mol. The van der Waals surface area contributed by atoms with E-state index in [1.165, 1.54) is 36.3 Å². The highest BCUT2D eigenvalue weighted by Crippen LogP contribution is 2.49. The average Bonchev–Trinajstić information content (AvgIpc) is 1.55. The summed E-state index contributed by atoms with van der Waals surface area (Å²) in [5, 5.41) is 20.2. The normalized spacial score (nSPS) is 12.2. The molecule has 0 amide bonds. The highest BCUT2D eigenvalue weighted by Gasteiger charge is 2.27. The summed E-state index contributed by atoms with van der Waals surface area (Å²) in [7, 11) is 0. The lowest BCUT2D eigenvalue weighted by Gasteiger charge is -2.12. The first-order chi connectivity index (χ1) is 52.6. The Hall–Kier alpha value is -14.1. The fourth-order valence-electron chi connectivity index (χ4n) is 17.0. The molecule has 0 saturated carbocycles. The molecule has 492 valence electrons. The fraction of sp³-hybridized carbons (Fsp3) is 0. The highest BCUT2D eigenvalue weighted by molar-refractivity contribution is 7.25. The van der Waals surface area contributed by atoms with Gasteiger partial charge in [-0.05, 0) is 117 Å². The highest BCUT2D eigenvalue weighted by atomic mass is 32.1. The summed E-state index contributed by atoms with van der Waals surface area (Å²) in [6, 6.07) is 115. The lowest BCUT2D eigenvalue weighted by Crippen LogP contribution is -2.03. The van der Waals surface area contributed by atoms with Crippen LogP contribution in [-0.4, -0.2) is 29.1 Å². The predicted octanol–water partition coefficient (Wildman–Crippen LogP) is 26.5. The first-order valence-corrected chi connectivity index (χ1v) is 36.5. The Bertz CT molecular complexity index is 7850. The molecule has 8 heterocycles. The van der Waals surface area contributed by atoms with Crippen molar-refractivity contribution in [3.63, 3.8) is 0 Å². The van der Waals surface area contributed by atoms with Crippen molar-refractivity contribution >= 4 is 184 Å². The van der Waals surface area contributed by atoms with E-state index < -0.39 is 0 Å². The number of rotatable bonds is 6. The van der Waals surface area contributed by atoms with E-state index in [0.29, 0.717) is 11.9 Å². The average molecular weight is 1370 g/mol. The number of fused-ring (bicyclic) bond motifs is 26. The molecule has 0 unspecified atom stereocenters. The van der Waals surface area contributed by atoms with Crippen LogP contribution in [0, 0.1) is 0 Å². The number of furan rings is 3. The molecule has 0 aliphatic rings. The molecule has 0 aliphatic heterocycles. The molecule has 0 aliphatic carbocycles. The van der Waals surface area contributed by atoms with Gasteiger partial charge < -0.3 is 13.3 Å². The minimum absolute atomic E-state index is 0.570. The summed E-state index contributed by atoms with van der Waals surface area (Å²) in [6.07, 6.45) is 0. The Balaban J connectivity index is 0.000000129. The summed E-state index contributed by atoms with van der Waals surface area (Å²) < 4.78 is 27.5. The maximum Gasteiger partial charge on any atom is 0.235 e. The third-order valence-corrected chi connectivity index (χ3v) is 22.8. The number of nitrogens with zero attached hydrogens (tertiary/aromatic N) is 6. The van der Waals surface area contributed by atoms with Gasteiger partial charge >= 0.3 is 0 Å². The quantitative estimate of drug-likeness (QED) is 0.163. The third-order valence-electron chi connectivity index (χ3n) is 21.6. The van der Waals surface area contributed by atoms with Gasteiger partial charge in [0.1, 0.15) is 33.4 Å². The first kappa shape index (κ1) is 58.6. The topological polar surface area (TPSA) is 101 Å². The van der Waals surface area contributed by atoms with Crippen molar-refractivity contribution in [3.05, 3.63) is 328 Å². The van der Waals surface area contributed by atoms with Gasteiger partial charge in [-0.15, -0.1) is 11.3 Å². The molecular formula is C96H54N6O3S. The smallest absolute Gasteiger partial charge is 0.235 e. The minimum Gasteiger partial charge on any atom is -0.455 e. The van der Waals surface area contributed by atoms with Crippen LogP contribution in [0.1, 0.15) is 0 Å². The Kier molecular flexibility index (Phi) is 12.6. The molecule has 0 spiro atoms. The number of hydrogen-bond donors (Lipinski definition) is 0. The molecule has 0 atom stereocenters. The summed E-state index contributed by atoms with van der Waals surface area (Å²) in [5.41, 5.74) is 19.0. The van der Waals surface area contributed by atoms with E-state index in [9.17, 15) is 0 Å². The molecule has 24 rings (SSSR count). The largest absolute Gasteiger partial charge is 0.455 e. The van der Waals surface area contributed by atoms with E-state index in [1.54, 1.807) is 0 Å². The van der Waals surface area contributed by atoms with Crippen LogP contribution < -0.4 is 0 Å². The van der Waals surface area contributed by atoms with Crippen LogP contribution in [0.15, 0.2) is 341 Å². The van der Waals surface area contributed by atoms with Crippen molar-refractivity contribution in [1.29, 1.82) is 0 Å². The summed E-state index contributed by atoms with van der Waals surface area (Å²) >= 11 is 1.82. The number of aromatic nitrogens is 6. The standard InChI is InChI=1S/C48H27N3O2.C48H27N3OS/c1-2-13-28(14-3-1)38-27-42-43(32-18-5-4-15-29(32)38)36-26-25-33-30-16-7-10-23-40(30)51(45(33)47(36)53-42)48-49-39-22-9-6-19-35(39)44(50-48)37-21-12-20-34-31-17-8-11-24-41(31)52-46(34)37;1-2-12-28(13-3-1)38-27-41-44(34-17-5-4-14-30(34)38)37-25-24-35-31-15-7-10-20-40(31)51(46(35)47(37)52-41)48-49-39-19-9-6-18-36(39)45(50-48)29-22-23-33-32-16-8-11-21-42(32)53-43(33)26-29/h2*1-27H. The van der Waals surface area contributed by atoms with Gasteiger partial charge in [-0.2, -0.15) is 0 Å². The van der Waals surface area contributed by atoms with Gasteiger partial charge in [-0.1, -0.05) is 255 Å². The SMILES string of the molecule is c1ccc(-c2cc3oc4c(ccc5c6ccccc6n(-c6nc(-c7ccc8c(c7)sc7ccccc78)c7ccccc7n6)c54)c3c3ccccc23)cc1.c1ccc(-c2cc3oc4c(ccc5c6ccccc6n(-c6nc(-c7cccc8c7oc7ccccc78)c7ccccc7n6)c54)c3c3ccccc23)cc1. The molecule has 0 saturated heterocycles. The molecule has 24 aromatic rings. The zero-order valence-electron chi connectivity index (χ0n) is 56.5. The Labute approximate surface area is 606 Å². The molecule has 0 radical (unpaired) electrons. The van der Waals surface area contributed by atoms with Gasteiger partial charge in [0.25, 0.3) is 0 Å². The van der Waals surface area contributed by atoms with Crippen molar-refractivity contribution in [2.45, 2.75) is 0 Å². The Morgan fingerprint density at radius 2 is 0.660 bits per heavy atom. The first-order valence-electron chi connectivity index (χ1n) is 35.7. The van der Waals surface area contributed by atoms with Gasteiger partial charge in [-0.3, -0.25) is 9.13 Å². The molecule has 10 heteroatoms. The molecule has 0 bridgehead atoms. The molecule has 16 aromatic carbocycles. The number of benzene rings is 16. The Morgan fingerprint density at radius 3 is 1.25 bits per heavy atom. The number of hydrogen-bond acceptors (Lipinski definition) is 8. The van der Waals surface area contributed by atoms with E-state index in [2.05, 4.69) is 312 Å². The minimum atomic E-state index is 0.570. The molecular weight excluding hydrogens is 1320 g/mol. The van der Waals surface area contributed by atoms with Crippen molar-refractivity contribution in [2.24, 2.45) is 0 Å². The maximum absolute atomic E-state index is 7.03. The number of para-hydroxylation sites is 6. The van der Waals surface area contributed by atoms with Gasteiger partial charge in [0.05, 0.1) is 33.5 Å². The molecule has 0 fully saturated rings. The summed E-state index contributed by atoms with van der Waals surface area (Å²) in [5.74, 6) is 1.19. The monoisotopic (exact) mass is 1370 g/mol. The molecule has 0 N–H and O–H groups in total. The lowest BCUT2D eigenvalue weighted by molar-refractivity contribution is 0.669. The number of thiophene rings is 1. The summed E-state index contributed by atoms with van der Waals surface area (Å²) in [6.45, 7) is 0. The van der Waals surface area contributed by atoms with Crippen LogP contribution >= 0.6 is 11.3 Å². The van der Waals surface area contributed by atoms with E-state index in [-0.39, 0.29) is 0 Å². The van der Waals surface area contributed by atoms with Gasteiger partial charge in [0.15, 0.2) is 11.2 Å².